The predicted octanol–water partition coefficient (Wildman–Crippen LogP) is 1.63. The molecule has 94 valence electrons. The van der Waals surface area contributed by atoms with Crippen molar-refractivity contribution in [3.8, 4) is 0 Å². The van der Waals surface area contributed by atoms with Gasteiger partial charge in [-0.1, -0.05) is 30.3 Å². The average Bonchev–Trinajstić information content (AvgIpc) is 2.83. The minimum atomic E-state index is 0.396. The molecule has 1 aromatic carbocycles. The molecule has 17 heavy (non-hydrogen) atoms. The molecule has 0 radical (unpaired) electrons. The number of benzene rings is 1. The molecule has 2 N–H and O–H groups in total. The molecule has 3 heteroatoms. The minimum Gasteiger partial charge on any atom is -0.372 e. The Hall–Kier alpha value is -0.900. The molecule has 0 saturated carbocycles. The predicted molar refractivity (Wildman–Crippen MR) is 69.7 cm³/mol. The first-order valence-corrected chi connectivity index (χ1v) is 6.46. The number of hydrogen-bond acceptors (Lipinski definition) is 3. The number of likely N-dealkylation sites (tertiary alicyclic amines) is 1. The molecule has 1 heterocycles. The minimum absolute atomic E-state index is 0.396. The summed E-state index contributed by atoms with van der Waals surface area (Å²) < 4.78 is 5.93. The lowest BCUT2D eigenvalue weighted by molar-refractivity contribution is 0.0466. The highest BCUT2D eigenvalue weighted by Crippen LogP contribution is 2.14. The number of nitrogens with two attached hydrogens (primary N) is 1. The summed E-state index contributed by atoms with van der Waals surface area (Å²) in [6.07, 6.45) is 2.64. The van der Waals surface area contributed by atoms with E-state index in [0.717, 1.165) is 45.6 Å². The standard InChI is InChI=1S/C14H22N2O/c15-8-4-9-16-10-7-14(11-16)17-12-13-5-2-1-3-6-13/h1-3,5-6,14H,4,7-12,15H2. The molecular weight excluding hydrogens is 212 g/mol. The molecule has 0 aromatic heterocycles. The molecule has 1 aromatic rings. The molecule has 1 saturated heterocycles. The van der Waals surface area contributed by atoms with Crippen molar-refractivity contribution in [2.75, 3.05) is 26.2 Å². The second-order valence-corrected chi connectivity index (χ2v) is 4.65. The van der Waals surface area contributed by atoms with Crippen LogP contribution in [0.15, 0.2) is 30.3 Å². The lowest BCUT2D eigenvalue weighted by Crippen LogP contribution is -2.25. The van der Waals surface area contributed by atoms with Gasteiger partial charge in [-0.25, -0.2) is 0 Å². The smallest absolute Gasteiger partial charge is 0.0721 e. The third-order valence-corrected chi connectivity index (χ3v) is 3.24. The fraction of sp³-hybridized carbons (Fsp3) is 0.571. The fourth-order valence-electron chi connectivity index (χ4n) is 2.24. The summed E-state index contributed by atoms with van der Waals surface area (Å²) in [6, 6.07) is 10.4. The quantitative estimate of drug-likeness (QED) is 0.813. The van der Waals surface area contributed by atoms with Crippen molar-refractivity contribution in [3.05, 3.63) is 35.9 Å². The average molecular weight is 234 g/mol. The van der Waals surface area contributed by atoms with Gasteiger partial charge in [-0.15, -0.1) is 0 Å². The topological polar surface area (TPSA) is 38.5 Å². The van der Waals surface area contributed by atoms with Crippen LogP contribution in [0, 0.1) is 0 Å². The van der Waals surface area contributed by atoms with Crippen LogP contribution >= 0.6 is 0 Å². The highest BCUT2D eigenvalue weighted by Gasteiger charge is 2.22. The fourth-order valence-corrected chi connectivity index (χ4v) is 2.24. The maximum absolute atomic E-state index is 5.93. The molecule has 1 unspecified atom stereocenters. The Balaban J connectivity index is 1.68. The first-order valence-electron chi connectivity index (χ1n) is 6.46. The van der Waals surface area contributed by atoms with Crippen molar-refractivity contribution in [1.29, 1.82) is 0 Å². The van der Waals surface area contributed by atoms with Gasteiger partial charge in [0, 0.05) is 13.1 Å². The van der Waals surface area contributed by atoms with E-state index in [1.54, 1.807) is 0 Å². The van der Waals surface area contributed by atoms with Gasteiger partial charge in [-0.05, 0) is 31.5 Å². The third kappa shape index (κ3) is 4.11. The molecule has 1 atom stereocenters. The van der Waals surface area contributed by atoms with Gasteiger partial charge >= 0.3 is 0 Å². The summed E-state index contributed by atoms with van der Waals surface area (Å²) in [4.78, 5) is 2.45. The Morgan fingerprint density at radius 3 is 2.88 bits per heavy atom. The van der Waals surface area contributed by atoms with Gasteiger partial charge in [0.1, 0.15) is 0 Å². The summed E-state index contributed by atoms with van der Waals surface area (Å²) in [7, 11) is 0. The largest absolute Gasteiger partial charge is 0.372 e. The van der Waals surface area contributed by atoms with E-state index in [1.165, 1.54) is 5.56 Å². The summed E-state index contributed by atoms with van der Waals surface area (Å²) in [5.74, 6) is 0. The van der Waals surface area contributed by atoms with Crippen LogP contribution in [-0.4, -0.2) is 37.2 Å². The van der Waals surface area contributed by atoms with E-state index in [4.69, 9.17) is 10.5 Å². The van der Waals surface area contributed by atoms with Crippen molar-refractivity contribution in [1.82, 2.24) is 4.90 Å². The third-order valence-electron chi connectivity index (χ3n) is 3.24. The van der Waals surface area contributed by atoms with Crippen LogP contribution in [0.5, 0.6) is 0 Å². The van der Waals surface area contributed by atoms with Gasteiger partial charge in [-0.3, -0.25) is 0 Å². The van der Waals surface area contributed by atoms with Gasteiger partial charge in [-0.2, -0.15) is 0 Å². The molecule has 0 aliphatic carbocycles. The zero-order valence-corrected chi connectivity index (χ0v) is 10.3. The van der Waals surface area contributed by atoms with Crippen LogP contribution in [0.3, 0.4) is 0 Å². The summed E-state index contributed by atoms with van der Waals surface area (Å²) in [5, 5.41) is 0. The van der Waals surface area contributed by atoms with Crippen LogP contribution in [-0.2, 0) is 11.3 Å². The zero-order chi connectivity index (χ0) is 11.9. The number of rotatable bonds is 6. The number of nitrogens with zero attached hydrogens (tertiary/aromatic N) is 1. The summed E-state index contributed by atoms with van der Waals surface area (Å²) in [5.41, 5.74) is 6.78. The SMILES string of the molecule is NCCCN1CCC(OCc2ccccc2)C1. The van der Waals surface area contributed by atoms with Gasteiger partial charge in [0.2, 0.25) is 0 Å². The maximum atomic E-state index is 5.93. The first-order chi connectivity index (χ1) is 8.38. The molecule has 0 amide bonds. The summed E-state index contributed by atoms with van der Waals surface area (Å²) in [6.45, 7) is 4.84. The van der Waals surface area contributed by atoms with E-state index in [2.05, 4.69) is 29.2 Å². The van der Waals surface area contributed by atoms with Crippen molar-refractivity contribution >= 4 is 0 Å². The van der Waals surface area contributed by atoms with Crippen molar-refractivity contribution in [3.63, 3.8) is 0 Å². The Bertz CT molecular complexity index is 315. The molecule has 3 nitrogen and oxygen atoms in total. The highest BCUT2D eigenvalue weighted by atomic mass is 16.5. The molecule has 1 aliphatic rings. The van der Waals surface area contributed by atoms with Crippen LogP contribution in [0.25, 0.3) is 0 Å². The zero-order valence-electron chi connectivity index (χ0n) is 10.3. The molecular formula is C14H22N2O. The van der Waals surface area contributed by atoms with Crippen molar-refractivity contribution in [2.45, 2.75) is 25.6 Å². The van der Waals surface area contributed by atoms with E-state index < -0.39 is 0 Å². The Morgan fingerprint density at radius 2 is 2.12 bits per heavy atom. The lowest BCUT2D eigenvalue weighted by atomic mass is 10.2. The van der Waals surface area contributed by atoms with E-state index in [1.807, 2.05) is 6.07 Å². The Morgan fingerprint density at radius 1 is 1.29 bits per heavy atom. The Kier molecular flexibility index (Phi) is 4.98. The number of ether oxygens (including phenoxy) is 1. The summed E-state index contributed by atoms with van der Waals surface area (Å²) >= 11 is 0. The van der Waals surface area contributed by atoms with E-state index in [9.17, 15) is 0 Å². The van der Waals surface area contributed by atoms with Crippen molar-refractivity contribution < 1.29 is 4.74 Å². The van der Waals surface area contributed by atoms with Crippen LogP contribution in [0.2, 0.25) is 0 Å². The van der Waals surface area contributed by atoms with Crippen LogP contribution < -0.4 is 5.73 Å². The van der Waals surface area contributed by atoms with E-state index in [-0.39, 0.29) is 0 Å². The van der Waals surface area contributed by atoms with Gasteiger partial charge in [0.05, 0.1) is 12.7 Å². The second kappa shape index (κ2) is 6.74. The van der Waals surface area contributed by atoms with Crippen LogP contribution in [0.4, 0.5) is 0 Å². The van der Waals surface area contributed by atoms with Gasteiger partial charge in [0.15, 0.2) is 0 Å². The van der Waals surface area contributed by atoms with E-state index >= 15 is 0 Å². The molecule has 2 rings (SSSR count). The van der Waals surface area contributed by atoms with Gasteiger partial charge < -0.3 is 15.4 Å². The normalized spacial score (nSPS) is 20.9. The monoisotopic (exact) mass is 234 g/mol. The molecule has 1 fully saturated rings. The lowest BCUT2D eigenvalue weighted by Gasteiger charge is -2.15. The number of hydrogen-bond donors (Lipinski definition) is 1. The highest BCUT2D eigenvalue weighted by molar-refractivity contribution is 5.13. The molecule has 1 aliphatic heterocycles. The first kappa shape index (κ1) is 12.6. The second-order valence-electron chi connectivity index (χ2n) is 4.65. The molecule has 0 spiro atoms. The van der Waals surface area contributed by atoms with Crippen molar-refractivity contribution in [2.24, 2.45) is 5.73 Å². The van der Waals surface area contributed by atoms with E-state index in [0.29, 0.717) is 6.10 Å². The Labute approximate surface area is 104 Å². The van der Waals surface area contributed by atoms with Crippen LogP contribution in [0.1, 0.15) is 18.4 Å². The van der Waals surface area contributed by atoms with Gasteiger partial charge in [0.25, 0.3) is 0 Å². The molecule has 0 bridgehead atoms. The maximum Gasteiger partial charge on any atom is 0.0721 e.